The van der Waals surface area contributed by atoms with Crippen LogP contribution in [0.1, 0.15) is 28.7 Å². The lowest BCUT2D eigenvalue weighted by Gasteiger charge is -2.32. The van der Waals surface area contributed by atoms with E-state index in [0.29, 0.717) is 35.8 Å². The largest absolute Gasteiger partial charge is 0.418 e. The molecule has 0 aliphatic carbocycles. The molecular formula is C21H15F3N8O. The highest BCUT2D eigenvalue weighted by Crippen LogP contribution is 2.39. The molecule has 0 saturated carbocycles. The number of hydrogen-bond acceptors (Lipinski definition) is 7. The lowest BCUT2D eigenvalue weighted by Crippen LogP contribution is -2.36. The van der Waals surface area contributed by atoms with Crippen molar-refractivity contribution in [3.8, 4) is 11.5 Å². The molecule has 1 N–H and O–H groups in total. The van der Waals surface area contributed by atoms with Gasteiger partial charge >= 0.3 is 12.2 Å². The zero-order chi connectivity index (χ0) is 22.6. The highest BCUT2D eigenvalue weighted by molar-refractivity contribution is 5.59. The molecule has 33 heavy (non-hydrogen) atoms. The molecule has 0 saturated heterocycles. The summed E-state index contributed by atoms with van der Waals surface area (Å²) in [7, 11) is 0. The number of halogens is 3. The smallest absolute Gasteiger partial charge is 0.403 e. The number of imidazole rings is 1. The predicted octanol–water partition coefficient (Wildman–Crippen LogP) is 3.67. The summed E-state index contributed by atoms with van der Waals surface area (Å²) in [6.07, 6.45) is 2.41. The summed E-state index contributed by atoms with van der Waals surface area (Å²) in [5.41, 5.74) is 1.79. The summed E-state index contributed by atoms with van der Waals surface area (Å²) in [6.45, 7) is 0.481. The summed E-state index contributed by atoms with van der Waals surface area (Å²) in [6, 6.07) is 6.96. The van der Waals surface area contributed by atoms with Crippen molar-refractivity contribution >= 4 is 11.5 Å². The quantitative estimate of drug-likeness (QED) is 0.446. The first-order chi connectivity index (χ1) is 16.0. The number of H-pyrrole nitrogens is 1. The van der Waals surface area contributed by atoms with Crippen LogP contribution in [0.3, 0.4) is 0 Å². The second-order valence-corrected chi connectivity index (χ2v) is 7.56. The van der Waals surface area contributed by atoms with Gasteiger partial charge in [0.25, 0.3) is 5.89 Å². The molecule has 0 radical (unpaired) electrons. The zero-order valence-electron chi connectivity index (χ0n) is 16.9. The van der Waals surface area contributed by atoms with Gasteiger partial charge in [0.05, 0.1) is 34.4 Å². The van der Waals surface area contributed by atoms with E-state index in [1.165, 1.54) is 22.8 Å². The van der Waals surface area contributed by atoms with E-state index in [9.17, 15) is 13.2 Å². The van der Waals surface area contributed by atoms with Crippen LogP contribution in [0.25, 0.3) is 17.0 Å². The molecule has 166 valence electrons. The second-order valence-electron chi connectivity index (χ2n) is 7.56. The monoisotopic (exact) mass is 452 g/mol. The van der Waals surface area contributed by atoms with Crippen molar-refractivity contribution < 1.29 is 17.6 Å². The first kappa shape index (κ1) is 19.5. The van der Waals surface area contributed by atoms with Gasteiger partial charge in [-0.25, -0.2) is 9.50 Å². The van der Waals surface area contributed by atoms with E-state index >= 15 is 0 Å². The number of rotatable bonds is 3. The minimum atomic E-state index is -4.51. The van der Waals surface area contributed by atoms with Gasteiger partial charge in [-0.05, 0) is 30.3 Å². The van der Waals surface area contributed by atoms with Crippen molar-refractivity contribution in [2.75, 3.05) is 11.4 Å². The van der Waals surface area contributed by atoms with E-state index in [1.807, 2.05) is 4.90 Å². The molecule has 0 bridgehead atoms. The van der Waals surface area contributed by atoms with Gasteiger partial charge in [0.1, 0.15) is 6.04 Å². The van der Waals surface area contributed by atoms with E-state index < -0.39 is 17.8 Å². The Bertz CT molecular complexity index is 1440. The van der Waals surface area contributed by atoms with E-state index in [2.05, 4.69) is 30.2 Å². The SMILES string of the molecule is FC(F)(F)c1cccn2nc(C3c4nc[nH]c4CCN3c3nnc(-c4cccnc4)o3)cc12. The Morgan fingerprint density at radius 2 is 2.06 bits per heavy atom. The number of fused-ring (bicyclic) bond motifs is 2. The molecule has 5 aromatic heterocycles. The van der Waals surface area contributed by atoms with Gasteiger partial charge in [-0.3, -0.25) is 4.98 Å². The van der Waals surface area contributed by atoms with E-state index in [4.69, 9.17) is 4.42 Å². The third-order valence-electron chi connectivity index (χ3n) is 5.60. The van der Waals surface area contributed by atoms with Crippen LogP contribution in [0.5, 0.6) is 0 Å². The Balaban J connectivity index is 1.47. The van der Waals surface area contributed by atoms with Gasteiger partial charge in [0.2, 0.25) is 0 Å². The van der Waals surface area contributed by atoms with Gasteiger partial charge in [-0.1, -0.05) is 5.10 Å². The number of pyridine rings is 2. The summed E-state index contributed by atoms with van der Waals surface area (Å²) >= 11 is 0. The fourth-order valence-electron chi connectivity index (χ4n) is 4.13. The van der Waals surface area contributed by atoms with Gasteiger partial charge in [-0.2, -0.15) is 18.3 Å². The standard InChI is InChI=1S/C21H15F3N8O/c22-21(23,24)13-4-2-7-32-16(13)9-15(30-32)18-17-14(26-11-27-17)5-8-31(18)20-29-28-19(33-20)12-3-1-6-25-10-12/h1-4,6-7,9-11,18H,5,8H2,(H,26,27). The number of anilines is 1. The van der Waals surface area contributed by atoms with Gasteiger partial charge < -0.3 is 14.3 Å². The predicted molar refractivity (Wildman–Crippen MR) is 109 cm³/mol. The average molecular weight is 452 g/mol. The molecular weight excluding hydrogens is 437 g/mol. The number of aromatic amines is 1. The number of nitrogens with one attached hydrogen (secondary N) is 1. The van der Waals surface area contributed by atoms with Crippen LogP contribution >= 0.6 is 0 Å². The third-order valence-corrected chi connectivity index (χ3v) is 5.60. The van der Waals surface area contributed by atoms with Crippen LogP contribution < -0.4 is 4.90 Å². The number of aromatic nitrogens is 7. The maximum absolute atomic E-state index is 13.6. The minimum Gasteiger partial charge on any atom is -0.403 e. The second kappa shape index (κ2) is 7.15. The van der Waals surface area contributed by atoms with Crippen LogP contribution in [0.4, 0.5) is 19.2 Å². The molecule has 1 unspecified atom stereocenters. The molecule has 1 aliphatic rings. The first-order valence-electron chi connectivity index (χ1n) is 10.1. The van der Waals surface area contributed by atoms with E-state index in [0.717, 1.165) is 11.8 Å². The molecule has 6 heterocycles. The molecule has 1 atom stereocenters. The van der Waals surface area contributed by atoms with Gasteiger partial charge in [-0.15, -0.1) is 5.10 Å². The van der Waals surface area contributed by atoms with Crippen molar-refractivity contribution in [2.24, 2.45) is 0 Å². The Hall–Kier alpha value is -4.22. The molecule has 5 aromatic rings. The molecule has 1 aliphatic heterocycles. The summed E-state index contributed by atoms with van der Waals surface area (Å²) in [5.74, 6) is 0.291. The normalized spacial score (nSPS) is 16.3. The van der Waals surface area contributed by atoms with E-state index in [-0.39, 0.29) is 11.5 Å². The van der Waals surface area contributed by atoms with Gasteiger partial charge in [0, 0.05) is 37.3 Å². The third kappa shape index (κ3) is 3.22. The highest BCUT2D eigenvalue weighted by Gasteiger charge is 2.38. The Kier molecular flexibility index (Phi) is 4.22. The first-order valence-corrected chi connectivity index (χ1v) is 10.1. The summed E-state index contributed by atoms with van der Waals surface area (Å²) in [4.78, 5) is 13.4. The van der Waals surface area contributed by atoms with Crippen molar-refractivity contribution in [1.29, 1.82) is 0 Å². The molecule has 0 aromatic carbocycles. The van der Waals surface area contributed by atoms with Crippen molar-refractivity contribution in [3.63, 3.8) is 0 Å². The Labute approximate surface area is 183 Å². The highest BCUT2D eigenvalue weighted by atomic mass is 19.4. The lowest BCUT2D eigenvalue weighted by atomic mass is 10.00. The van der Waals surface area contributed by atoms with Crippen LogP contribution in [0, 0.1) is 0 Å². The molecule has 0 spiro atoms. The average Bonchev–Trinajstić information content (AvgIpc) is 3.56. The molecule has 0 amide bonds. The van der Waals surface area contributed by atoms with Crippen LogP contribution in [0.15, 0.2) is 59.7 Å². The molecule has 0 fully saturated rings. The van der Waals surface area contributed by atoms with Crippen LogP contribution in [0.2, 0.25) is 0 Å². The fourth-order valence-corrected chi connectivity index (χ4v) is 4.13. The summed E-state index contributed by atoms with van der Waals surface area (Å²) < 4.78 is 47.8. The van der Waals surface area contributed by atoms with Crippen molar-refractivity contribution in [1.82, 2.24) is 34.8 Å². The van der Waals surface area contributed by atoms with Crippen molar-refractivity contribution in [2.45, 2.75) is 18.6 Å². The van der Waals surface area contributed by atoms with Crippen molar-refractivity contribution in [3.05, 3.63) is 77.9 Å². The lowest BCUT2D eigenvalue weighted by molar-refractivity contribution is -0.136. The summed E-state index contributed by atoms with van der Waals surface area (Å²) in [5, 5.41) is 12.8. The minimum absolute atomic E-state index is 0.0378. The zero-order valence-corrected chi connectivity index (χ0v) is 16.9. The molecule has 12 heteroatoms. The van der Waals surface area contributed by atoms with Crippen LogP contribution in [-0.4, -0.2) is 41.3 Å². The van der Waals surface area contributed by atoms with E-state index in [1.54, 1.807) is 30.9 Å². The molecule has 9 nitrogen and oxygen atoms in total. The maximum Gasteiger partial charge on any atom is 0.418 e. The number of hydrogen-bond donors (Lipinski definition) is 1. The topological polar surface area (TPSA) is 101 Å². The van der Waals surface area contributed by atoms with Crippen LogP contribution in [-0.2, 0) is 12.6 Å². The number of nitrogens with zero attached hydrogens (tertiary/aromatic N) is 7. The van der Waals surface area contributed by atoms with Gasteiger partial charge in [0.15, 0.2) is 0 Å². The Morgan fingerprint density at radius 3 is 2.88 bits per heavy atom. The fraction of sp³-hybridized carbons (Fsp3) is 0.190. The molecule has 6 rings (SSSR count). The Morgan fingerprint density at radius 1 is 1.15 bits per heavy atom. The maximum atomic E-state index is 13.6. The number of alkyl halides is 3.